The molecule has 2 atom stereocenters. The number of sulfonamides is 1. The lowest BCUT2D eigenvalue weighted by atomic mass is 10.1. The molecule has 0 saturated carbocycles. The molecule has 0 unspecified atom stereocenters. The van der Waals surface area contributed by atoms with Crippen LogP contribution in [-0.4, -0.2) is 71.0 Å². The molecule has 0 radical (unpaired) electrons. The SMILES string of the molecule is CN(C)[C@@H]1CN(S(=O)(=O)Cc2ccon2)C[C@@H]1n1ccnn1. The van der Waals surface area contributed by atoms with Crippen LogP contribution in [-0.2, 0) is 15.8 Å². The highest BCUT2D eigenvalue weighted by molar-refractivity contribution is 7.88. The Morgan fingerprint density at radius 3 is 2.82 bits per heavy atom. The van der Waals surface area contributed by atoms with Gasteiger partial charge in [-0.1, -0.05) is 10.4 Å². The topological polar surface area (TPSA) is 97.4 Å². The van der Waals surface area contributed by atoms with Crippen LogP contribution in [0.3, 0.4) is 0 Å². The quantitative estimate of drug-likeness (QED) is 0.736. The lowest BCUT2D eigenvalue weighted by Gasteiger charge is -2.24. The fourth-order valence-electron chi connectivity index (χ4n) is 2.71. The largest absolute Gasteiger partial charge is 0.364 e. The van der Waals surface area contributed by atoms with E-state index in [1.165, 1.54) is 10.6 Å². The summed E-state index contributed by atoms with van der Waals surface area (Å²) >= 11 is 0. The number of hydrogen-bond donors (Lipinski definition) is 0. The minimum absolute atomic E-state index is 0.0359. The lowest BCUT2D eigenvalue weighted by molar-refractivity contribution is 0.242. The first-order valence-electron chi connectivity index (χ1n) is 6.86. The predicted octanol–water partition coefficient (Wildman–Crippen LogP) is -0.417. The van der Waals surface area contributed by atoms with Crippen LogP contribution in [0.1, 0.15) is 11.7 Å². The molecule has 9 nitrogen and oxygen atoms in total. The van der Waals surface area contributed by atoms with Gasteiger partial charge in [0.2, 0.25) is 10.0 Å². The first-order valence-corrected chi connectivity index (χ1v) is 8.47. The zero-order chi connectivity index (χ0) is 15.7. The normalized spacial score (nSPS) is 23.4. The van der Waals surface area contributed by atoms with E-state index >= 15 is 0 Å². The fourth-order valence-corrected chi connectivity index (χ4v) is 4.18. The van der Waals surface area contributed by atoms with E-state index in [9.17, 15) is 8.42 Å². The van der Waals surface area contributed by atoms with Gasteiger partial charge in [-0.05, 0) is 14.1 Å². The Hall–Kier alpha value is -1.78. The van der Waals surface area contributed by atoms with Crippen LogP contribution in [0.4, 0.5) is 0 Å². The minimum Gasteiger partial charge on any atom is -0.364 e. The van der Waals surface area contributed by atoms with Gasteiger partial charge in [0.15, 0.2) is 0 Å². The molecule has 1 fully saturated rings. The van der Waals surface area contributed by atoms with E-state index in [1.807, 2.05) is 19.0 Å². The zero-order valence-electron chi connectivity index (χ0n) is 12.4. The first kappa shape index (κ1) is 15.1. The fraction of sp³-hybridized carbons (Fsp3) is 0.583. The molecule has 10 heteroatoms. The van der Waals surface area contributed by atoms with Gasteiger partial charge in [0, 0.05) is 31.4 Å². The van der Waals surface area contributed by atoms with E-state index in [2.05, 4.69) is 15.5 Å². The minimum atomic E-state index is -3.45. The second-order valence-corrected chi connectivity index (χ2v) is 7.51. The van der Waals surface area contributed by atoms with Gasteiger partial charge >= 0.3 is 0 Å². The summed E-state index contributed by atoms with van der Waals surface area (Å²) in [6.45, 7) is 0.782. The molecule has 3 heterocycles. The van der Waals surface area contributed by atoms with Crippen molar-refractivity contribution in [3.63, 3.8) is 0 Å². The van der Waals surface area contributed by atoms with Crippen LogP contribution in [0, 0.1) is 0 Å². The van der Waals surface area contributed by atoms with Crippen LogP contribution in [0.25, 0.3) is 0 Å². The maximum Gasteiger partial charge on any atom is 0.220 e. The van der Waals surface area contributed by atoms with Crippen LogP contribution in [0.5, 0.6) is 0 Å². The average molecular weight is 326 g/mol. The van der Waals surface area contributed by atoms with E-state index in [0.29, 0.717) is 18.8 Å². The van der Waals surface area contributed by atoms with Crippen molar-refractivity contribution in [2.75, 3.05) is 27.2 Å². The van der Waals surface area contributed by atoms with E-state index in [1.54, 1.807) is 23.1 Å². The second-order valence-electron chi connectivity index (χ2n) is 5.55. The van der Waals surface area contributed by atoms with Crippen molar-refractivity contribution < 1.29 is 12.9 Å². The van der Waals surface area contributed by atoms with Crippen molar-refractivity contribution in [3.8, 4) is 0 Å². The van der Waals surface area contributed by atoms with Gasteiger partial charge in [-0.2, -0.15) is 4.31 Å². The molecule has 0 aliphatic carbocycles. The third-order valence-electron chi connectivity index (χ3n) is 3.88. The smallest absolute Gasteiger partial charge is 0.220 e. The van der Waals surface area contributed by atoms with Gasteiger partial charge in [-0.25, -0.2) is 13.1 Å². The highest BCUT2D eigenvalue weighted by Crippen LogP contribution is 2.27. The van der Waals surface area contributed by atoms with Gasteiger partial charge < -0.3 is 9.42 Å². The number of rotatable bonds is 5. The monoisotopic (exact) mass is 326 g/mol. The van der Waals surface area contributed by atoms with Crippen molar-refractivity contribution >= 4 is 10.0 Å². The summed E-state index contributed by atoms with van der Waals surface area (Å²) in [6, 6.07) is 1.53. The molecule has 2 aromatic rings. The second kappa shape index (κ2) is 5.78. The molecule has 0 bridgehead atoms. The van der Waals surface area contributed by atoms with Crippen LogP contribution in [0.15, 0.2) is 29.2 Å². The van der Waals surface area contributed by atoms with Crippen molar-refractivity contribution in [1.82, 2.24) is 29.4 Å². The predicted molar refractivity (Wildman–Crippen MR) is 77.2 cm³/mol. The molecule has 1 aliphatic heterocycles. The molecule has 120 valence electrons. The van der Waals surface area contributed by atoms with E-state index in [0.717, 1.165) is 0 Å². The van der Waals surface area contributed by atoms with E-state index in [-0.39, 0.29) is 17.8 Å². The van der Waals surface area contributed by atoms with Crippen molar-refractivity contribution in [3.05, 3.63) is 30.4 Å². The zero-order valence-corrected chi connectivity index (χ0v) is 13.2. The number of nitrogens with zero attached hydrogens (tertiary/aromatic N) is 6. The van der Waals surface area contributed by atoms with Crippen LogP contribution < -0.4 is 0 Å². The summed E-state index contributed by atoms with van der Waals surface area (Å²) in [5.74, 6) is -0.159. The molecule has 0 N–H and O–H groups in total. The highest BCUT2D eigenvalue weighted by atomic mass is 32.2. The maximum atomic E-state index is 12.6. The molecule has 1 aliphatic rings. The van der Waals surface area contributed by atoms with Crippen LogP contribution in [0.2, 0.25) is 0 Å². The standard InChI is InChI=1S/C12H18N6O3S/c1-16(2)11-7-17(8-12(11)18-5-4-13-15-18)22(19,20)9-10-3-6-21-14-10/h3-6,11-12H,7-9H2,1-2H3/t11-,12+/m1/s1. The Balaban J connectivity index is 1.81. The molecule has 0 spiro atoms. The molecule has 0 amide bonds. The number of likely N-dealkylation sites (N-methyl/N-ethyl adjacent to an activating group) is 1. The van der Waals surface area contributed by atoms with Gasteiger partial charge in [0.1, 0.15) is 12.0 Å². The maximum absolute atomic E-state index is 12.6. The molecule has 3 rings (SSSR count). The summed E-state index contributed by atoms with van der Waals surface area (Å²) < 4.78 is 33.0. The molecule has 22 heavy (non-hydrogen) atoms. The van der Waals surface area contributed by atoms with Gasteiger partial charge in [-0.15, -0.1) is 5.10 Å². The summed E-state index contributed by atoms with van der Waals surface area (Å²) in [5.41, 5.74) is 0.408. The molecule has 0 aromatic carbocycles. The van der Waals surface area contributed by atoms with E-state index < -0.39 is 10.0 Å². The number of aromatic nitrogens is 4. The van der Waals surface area contributed by atoms with Crippen molar-refractivity contribution in [2.24, 2.45) is 0 Å². The Bertz CT molecular complexity index is 697. The Kier molecular flexibility index (Phi) is 3.98. The van der Waals surface area contributed by atoms with Gasteiger partial charge in [-0.3, -0.25) is 0 Å². The summed E-state index contributed by atoms with van der Waals surface area (Å²) in [6.07, 6.45) is 4.73. The highest BCUT2D eigenvalue weighted by Gasteiger charge is 2.41. The first-order chi connectivity index (χ1) is 10.5. The Morgan fingerprint density at radius 2 is 2.23 bits per heavy atom. The summed E-state index contributed by atoms with van der Waals surface area (Å²) in [5, 5.41) is 11.5. The van der Waals surface area contributed by atoms with Gasteiger partial charge in [0.05, 0.1) is 17.9 Å². The molecule has 1 saturated heterocycles. The van der Waals surface area contributed by atoms with E-state index in [4.69, 9.17) is 4.52 Å². The third-order valence-corrected chi connectivity index (χ3v) is 5.63. The van der Waals surface area contributed by atoms with Crippen molar-refractivity contribution in [2.45, 2.75) is 17.8 Å². The van der Waals surface area contributed by atoms with Crippen molar-refractivity contribution in [1.29, 1.82) is 0 Å². The lowest BCUT2D eigenvalue weighted by Crippen LogP contribution is -2.37. The Labute approximate surface area is 128 Å². The Morgan fingerprint density at radius 1 is 1.41 bits per heavy atom. The van der Waals surface area contributed by atoms with Crippen LogP contribution >= 0.6 is 0 Å². The van der Waals surface area contributed by atoms with Gasteiger partial charge in [0.25, 0.3) is 0 Å². The summed E-state index contributed by atoms with van der Waals surface area (Å²) in [4.78, 5) is 2.01. The third kappa shape index (κ3) is 2.89. The molecule has 2 aromatic heterocycles. The molecular weight excluding hydrogens is 308 g/mol. The molecular formula is C12H18N6O3S. The summed E-state index contributed by atoms with van der Waals surface area (Å²) in [7, 11) is 0.415. The average Bonchev–Trinajstić information content (AvgIpc) is 3.19. The number of hydrogen-bond acceptors (Lipinski definition) is 7.